The number of carbonyl (C=O) groups excluding carboxylic acids is 1. The molecule has 0 bridgehead atoms. The Bertz CT molecular complexity index is 651. The number of aromatic nitrogens is 1. The lowest BCUT2D eigenvalue weighted by atomic mass is 10.2. The highest BCUT2D eigenvalue weighted by Crippen LogP contribution is 2.19. The van der Waals surface area contributed by atoms with Crippen LogP contribution in [0.4, 0.5) is 10.8 Å². The van der Waals surface area contributed by atoms with Gasteiger partial charge in [-0.2, -0.15) is 0 Å². The van der Waals surface area contributed by atoms with Crippen LogP contribution >= 0.6 is 11.3 Å². The molecule has 1 heterocycles. The van der Waals surface area contributed by atoms with Crippen molar-refractivity contribution in [3.05, 3.63) is 50.5 Å². The normalized spacial score (nSPS) is 10.2. The molecule has 1 aromatic carbocycles. The molecule has 1 aromatic heterocycles. The zero-order chi connectivity index (χ0) is 14.7. The van der Waals surface area contributed by atoms with E-state index in [1.165, 1.54) is 12.1 Å². The molecule has 104 valence electrons. The van der Waals surface area contributed by atoms with Crippen molar-refractivity contribution in [1.29, 1.82) is 0 Å². The van der Waals surface area contributed by atoms with Gasteiger partial charge in [0, 0.05) is 18.7 Å². The standard InChI is InChI=1S/C12H12N4O3S/c1-7-10(20-12(13)15-7)11(17)14-6-8-2-4-9(5-3-8)16(18)19/h2-5H,6H2,1H3,(H2,13,15)(H,14,17). The Morgan fingerprint density at radius 3 is 2.60 bits per heavy atom. The van der Waals surface area contributed by atoms with Gasteiger partial charge in [-0.05, 0) is 12.5 Å². The number of benzene rings is 1. The summed E-state index contributed by atoms with van der Waals surface area (Å²) >= 11 is 1.13. The number of amides is 1. The van der Waals surface area contributed by atoms with Gasteiger partial charge in [0.25, 0.3) is 11.6 Å². The predicted octanol–water partition coefficient (Wildman–Crippen LogP) is 1.87. The molecule has 20 heavy (non-hydrogen) atoms. The quantitative estimate of drug-likeness (QED) is 0.660. The molecule has 1 amide bonds. The summed E-state index contributed by atoms with van der Waals surface area (Å²) < 4.78 is 0. The molecular weight excluding hydrogens is 280 g/mol. The first-order chi connectivity index (χ1) is 9.47. The number of nitrogens with two attached hydrogens (primary N) is 1. The largest absolute Gasteiger partial charge is 0.375 e. The maximum Gasteiger partial charge on any atom is 0.269 e. The Balaban J connectivity index is 2.00. The molecular formula is C12H12N4O3S. The zero-order valence-corrected chi connectivity index (χ0v) is 11.4. The van der Waals surface area contributed by atoms with Gasteiger partial charge in [0.1, 0.15) is 4.88 Å². The molecule has 0 aliphatic heterocycles. The van der Waals surface area contributed by atoms with E-state index >= 15 is 0 Å². The van der Waals surface area contributed by atoms with Gasteiger partial charge >= 0.3 is 0 Å². The van der Waals surface area contributed by atoms with E-state index in [9.17, 15) is 14.9 Å². The highest BCUT2D eigenvalue weighted by Gasteiger charge is 2.13. The second kappa shape index (κ2) is 5.66. The van der Waals surface area contributed by atoms with Crippen LogP contribution in [-0.4, -0.2) is 15.8 Å². The molecule has 0 aliphatic rings. The van der Waals surface area contributed by atoms with Crippen LogP contribution in [0.15, 0.2) is 24.3 Å². The van der Waals surface area contributed by atoms with E-state index in [-0.39, 0.29) is 18.1 Å². The third kappa shape index (κ3) is 3.09. The molecule has 0 fully saturated rings. The lowest BCUT2D eigenvalue weighted by Gasteiger charge is -2.04. The van der Waals surface area contributed by atoms with E-state index in [0.29, 0.717) is 15.7 Å². The second-order valence-corrected chi connectivity index (χ2v) is 5.10. The molecule has 0 aliphatic carbocycles. The lowest BCUT2D eigenvalue weighted by molar-refractivity contribution is -0.384. The van der Waals surface area contributed by atoms with Crippen molar-refractivity contribution in [1.82, 2.24) is 10.3 Å². The van der Waals surface area contributed by atoms with Crippen molar-refractivity contribution in [2.45, 2.75) is 13.5 Å². The minimum absolute atomic E-state index is 0.0196. The van der Waals surface area contributed by atoms with Crippen molar-refractivity contribution in [3.8, 4) is 0 Å². The fourth-order valence-electron chi connectivity index (χ4n) is 1.63. The number of aryl methyl sites for hydroxylation is 1. The van der Waals surface area contributed by atoms with Crippen LogP contribution in [0.3, 0.4) is 0 Å². The Morgan fingerprint density at radius 1 is 1.45 bits per heavy atom. The molecule has 2 rings (SSSR count). The van der Waals surface area contributed by atoms with Crippen molar-refractivity contribution in [3.63, 3.8) is 0 Å². The summed E-state index contributed by atoms with van der Waals surface area (Å²) in [4.78, 5) is 26.4. The van der Waals surface area contributed by atoms with E-state index in [1.807, 2.05) is 0 Å². The number of nitrogens with one attached hydrogen (secondary N) is 1. The molecule has 8 heteroatoms. The summed E-state index contributed by atoms with van der Waals surface area (Å²) in [7, 11) is 0. The van der Waals surface area contributed by atoms with Gasteiger partial charge < -0.3 is 11.1 Å². The van der Waals surface area contributed by atoms with Crippen LogP contribution in [-0.2, 0) is 6.54 Å². The van der Waals surface area contributed by atoms with Gasteiger partial charge in [-0.25, -0.2) is 4.98 Å². The number of nitro groups is 1. The lowest BCUT2D eigenvalue weighted by Crippen LogP contribution is -2.22. The highest BCUT2D eigenvalue weighted by molar-refractivity contribution is 7.17. The molecule has 0 saturated heterocycles. The number of nitrogens with zero attached hydrogens (tertiary/aromatic N) is 2. The van der Waals surface area contributed by atoms with E-state index in [0.717, 1.165) is 16.9 Å². The monoisotopic (exact) mass is 292 g/mol. The predicted molar refractivity (Wildman–Crippen MR) is 75.5 cm³/mol. The number of rotatable bonds is 4. The molecule has 0 saturated carbocycles. The number of carbonyl (C=O) groups is 1. The van der Waals surface area contributed by atoms with Crippen LogP contribution in [0.25, 0.3) is 0 Å². The minimum atomic E-state index is -0.466. The Labute approximate surface area is 118 Å². The van der Waals surface area contributed by atoms with E-state index in [1.54, 1.807) is 19.1 Å². The number of nitrogen functional groups attached to an aromatic ring is 1. The van der Waals surface area contributed by atoms with Gasteiger partial charge in [-0.1, -0.05) is 23.5 Å². The molecule has 3 N–H and O–H groups in total. The van der Waals surface area contributed by atoms with Crippen LogP contribution in [0.2, 0.25) is 0 Å². The van der Waals surface area contributed by atoms with Gasteiger partial charge in [0.2, 0.25) is 0 Å². The smallest absolute Gasteiger partial charge is 0.269 e. The van der Waals surface area contributed by atoms with Gasteiger partial charge in [-0.3, -0.25) is 14.9 Å². The molecule has 0 spiro atoms. The Hall–Kier alpha value is -2.48. The number of anilines is 1. The van der Waals surface area contributed by atoms with Crippen molar-refractivity contribution in [2.75, 3.05) is 5.73 Å². The average molecular weight is 292 g/mol. The van der Waals surface area contributed by atoms with Gasteiger partial charge in [0.05, 0.1) is 10.6 Å². The fourth-order valence-corrected chi connectivity index (χ4v) is 2.38. The van der Waals surface area contributed by atoms with E-state index < -0.39 is 4.92 Å². The zero-order valence-electron chi connectivity index (χ0n) is 10.6. The van der Waals surface area contributed by atoms with Gasteiger partial charge in [0.15, 0.2) is 5.13 Å². The van der Waals surface area contributed by atoms with Crippen molar-refractivity contribution in [2.24, 2.45) is 0 Å². The Morgan fingerprint density at radius 2 is 2.10 bits per heavy atom. The number of thiazole rings is 1. The van der Waals surface area contributed by atoms with Gasteiger partial charge in [-0.15, -0.1) is 0 Å². The third-order valence-corrected chi connectivity index (χ3v) is 3.60. The number of hydrogen-bond acceptors (Lipinski definition) is 6. The third-order valence-electron chi connectivity index (χ3n) is 2.62. The molecule has 0 unspecified atom stereocenters. The summed E-state index contributed by atoms with van der Waals surface area (Å²) in [6, 6.07) is 6.01. The fraction of sp³-hybridized carbons (Fsp3) is 0.167. The molecule has 0 radical (unpaired) electrons. The van der Waals surface area contributed by atoms with Crippen molar-refractivity contribution >= 4 is 28.1 Å². The van der Waals surface area contributed by atoms with Crippen LogP contribution < -0.4 is 11.1 Å². The SMILES string of the molecule is Cc1nc(N)sc1C(=O)NCc1ccc([N+](=O)[O-])cc1. The summed E-state index contributed by atoms with van der Waals surface area (Å²) in [5.41, 5.74) is 6.92. The first kappa shape index (κ1) is 13.9. The first-order valence-electron chi connectivity index (χ1n) is 5.72. The first-order valence-corrected chi connectivity index (χ1v) is 6.53. The van der Waals surface area contributed by atoms with Crippen molar-refractivity contribution < 1.29 is 9.72 Å². The molecule has 0 atom stereocenters. The summed E-state index contributed by atoms with van der Waals surface area (Å²) in [5, 5.41) is 13.6. The maximum absolute atomic E-state index is 11.9. The number of hydrogen-bond donors (Lipinski definition) is 2. The van der Waals surface area contributed by atoms with E-state index in [4.69, 9.17) is 5.73 Å². The molecule has 2 aromatic rings. The summed E-state index contributed by atoms with van der Waals surface area (Å²) in [5.74, 6) is -0.255. The molecule has 7 nitrogen and oxygen atoms in total. The summed E-state index contributed by atoms with van der Waals surface area (Å²) in [6.07, 6.45) is 0. The minimum Gasteiger partial charge on any atom is -0.375 e. The number of non-ortho nitro benzene ring substituents is 1. The van der Waals surface area contributed by atoms with Crippen LogP contribution in [0.5, 0.6) is 0 Å². The van der Waals surface area contributed by atoms with E-state index in [2.05, 4.69) is 10.3 Å². The topological polar surface area (TPSA) is 111 Å². The number of nitro benzene ring substituents is 1. The summed E-state index contributed by atoms with van der Waals surface area (Å²) in [6.45, 7) is 2.00. The van der Waals surface area contributed by atoms with Crippen LogP contribution in [0, 0.1) is 17.0 Å². The average Bonchev–Trinajstić information content (AvgIpc) is 2.75. The van der Waals surface area contributed by atoms with Crippen LogP contribution in [0.1, 0.15) is 20.9 Å². The Kier molecular flexibility index (Phi) is 3.94. The second-order valence-electron chi connectivity index (χ2n) is 4.07. The maximum atomic E-state index is 11.9. The highest BCUT2D eigenvalue weighted by atomic mass is 32.1.